The molecule has 0 unspecified atom stereocenters. The van der Waals surface area contributed by atoms with Crippen molar-refractivity contribution in [3.05, 3.63) is 102 Å². The van der Waals surface area contributed by atoms with Crippen molar-refractivity contribution in [3.8, 4) is 5.75 Å². The Bertz CT molecular complexity index is 3760. The Morgan fingerprint density at radius 1 is 0.466 bits per heavy atom. The van der Waals surface area contributed by atoms with E-state index in [1.54, 1.807) is 86.6 Å². The maximum Gasteiger partial charge on any atom is 0.328 e. The zero-order chi connectivity index (χ0) is 85.1. The number of hydrogen-bond acceptors (Lipinski definition) is 24. The first-order valence-corrected chi connectivity index (χ1v) is 42.0. The molecule has 1 aliphatic heterocycles. The first-order valence-electron chi connectivity index (χ1n) is 39.2. The predicted molar refractivity (Wildman–Crippen MR) is 436 cm³/mol. The number of carbonyl (C=O) groups excluding carboxylic acids is 9. The highest BCUT2D eigenvalue weighted by molar-refractivity contribution is 8.76. The van der Waals surface area contributed by atoms with E-state index < -0.39 is 157 Å². The van der Waals surface area contributed by atoms with Gasteiger partial charge in [-0.3, -0.25) is 77.1 Å². The van der Waals surface area contributed by atoms with Gasteiger partial charge in [0.2, 0.25) is 53.2 Å². The fourth-order valence-electron chi connectivity index (χ4n) is 12.9. The van der Waals surface area contributed by atoms with Gasteiger partial charge in [-0.05, 0) is 120 Å². The topological polar surface area (TPSA) is 539 Å². The fourth-order valence-corrected chi connectivity index (χ4v) is 14.3. The molecule has 5 rings (SSSR count). The van der Waals surface area contributed by atoms with E-state index in [2.05, 4.69) is 65.1 Å². The number of aromatic nitrogens is 1. The molecule has 642 valence electrons. The molecule has 0 saturated carbocycles. The van der Waals surface area contributed by atoms with Crippen LogP contribution in [0.2, 0.25) is 0 Å². The molecule has 116 heavy (non-hydrogen) atoms. The summed E-state index contributed by atoms with van der Waals surface area (Å²) in [5.74, 6) is -13.3. The van der Waals surface area contributed by atoms with Crippen molar-refractivity contribution < 1.29 is 98.1 Å². The van der Waals surface area contributed by atoms with Crippen LogP contribution in [0, 0.1) is 0 Å². The number of aliphatic hydroxyl groups excluding tert-OH is 2. The summed E-state index contributed by atoms with van der Waals surface area (Å²) in [6.45, 7) is 4.69. The molecule has 0 radical (unpaired) electrons. The third-order valence-corrected chi connectivity index (χ3v) is 21.2. The Labute approximate surface area is 683 Å². The zero-order valence-corrected chi connectivity index (χ0v) is 68.0. The number of phenols is 1. The smallest absolute Gasteiger partial charge is 0.328 e. The lowest BCUT2D eigenvalue weighted by atomic mass is 10.0. The van der Waals surface area contributed by atoms with Crippen molar-refractivity contribution >= 4 is 110 Å². The molecule has 0 spiro atoms. The molecular formula is C78H118N16O20S2. The molecule has 1 aromatic heterocycles. The van der Waals surface area contributed by atoms with E-state index in [4.69, 9.17) is 5.73 Å². The lowest BCUT2D eigenvalue weighted by Gasteiger charge is -2.33. The van der Waals surface area contributed by atoms with Crippen molar-refractivity contribution in [1.82, 2.24) is 77.8 Å². The normalized spacial score (nSPS) is 16.0. The summed E-state index contributed by atoms with van der Waals surface area (Å²) in [5, 5.41) is 97.5. The molecule has 4 aromatic rings. The second-order valence-electron chi connectivity index (χ2n) is 28.8. The summed E-state index contributed by atoms with van der Waals surface area (Å²) in [5.41, 5.74) is 8.04. The highest BCUT2D eigenvalue weighted by Gasteiger charge is 2.37. The molecule has 3 aromatic carbocycles. The van der Waals surface area contributed by atoms with Gasteiger partial charge in [0.05, 0.1) is 44.9 Å². The summed E-state index contributed by atoms with van der Waals surface area (Å²) < 4.78 is 0. The first kappa shape index (κ1) is 97.1. The number of benzene rings is 3. The van der Waals surface area contributed by atoms with Crippen molar-refractivity contribution in [2.45, 2.75) is 171 Å². The Morgan fingerprint density at radius 3 is 1.41 bits per heavy atom. The Balaban J connectivity index is 1.47. The standard InChI is InChI=1S/C78H118N16O20S2/c1-5-6-7-8-17-30-80-31-18-15-24-58(83-65(99)45-91-32-34-92(46-66(100)101)36-38-94(48-68(104)105)39-37-93(35-33-91)47-67(102)103)71(106)85-60(40-52-19-10-9-11-20-52)74(109)88-63(49-116-115-4)76(111)86-61(41-53-25-27-55(97)28-26-53)73(108)87-62(42-54-43-81-57-22-13-12-21-56(54)57)75(110)84-59(23-14-16-29-79)72(107)90-69(50(2)95)77(112)82-44-64(98)89-70(51(3)96)78(113)114/h9-13,19-22,25-28,43,50-51,58-63,69-70,80-81,95-97H,5-8,14-18,23-24,29-42,44-49,79H2,1-4H3,(H,82,112)(H,83,99)(H,84,110)(H,85,106)(H,86,111)(H,87,108)(H,88,109)(H,89,98)(H,90,107)(H,100,101)(H,102,103)(H,104,105)(H,113,114)/t50-,51-,58+,59+,60-,61+,62-,63+,69+,70+/m1/s1. The van der Waals surface area contributed by atoms with E-state index in [1.165, 1.54) is 52.8 Å². The number of carboxylic acid groups (broad SMARTS) is 4. The minimum Gasteiger partial charge on any atom is -0.508 e. The summed E-state index contributed by atoms with van der Waals surface area (Å²) in [4.78, 5) is 188. The number of aliphatic hydroxyl groups is 2. The second-order valence-corrected chi connectivity index (χ2v) is 31.4. The first-order chi connectivity index (χ1) is 55.5. The van der Waals surface area contributed by atoms with Crippen LogP contribution < -0.4 is 58.9 Å². The zero-order valence-electron chi connectivity index (χ0n) is 66.4. The molecule has 9 amide bonds. The number of aromatic amines is 1. The predicted octanol–water partition coefficient (Wildman–Crippen LogP) is -0.912. The number of para-hydroxylation sites is 1. The van der Waals surface area contributed by atoms with E-state index in [9.17, 15) is 74.1 Å². The van der Waals surface area contributed by atoms with Crippen molar-refractivity contribution in [3.63, 3.8) is 0 Å². The molecule has 20 N–H and O–H groups in total. The highest BCUT2D eigenvalue weighted by atomic mass is 33.1. The van der Waals surface area contributed by atoms with Crippen LogP contribution in [0.15, 0.2) is 85.1 Å². The number of H-pyrrole nitrogens is 1. The number of hydrogen-bond donors (Lipinski definition) is 19. The van der Waals surface area contributed by atoms with Crippen LogP contribution in [0.4, 0.5) is 0 Å². The van der Waals surface area contributed by atoms with Gasteiger partial charge in [0.15, 0.2) is 6.04 Å². The minimum absolute atomic E-state index is 0.0958. The number of nitrogens with zero attached hydrogens (tertiary/aromatic N) is 4. The number of carbonyl (C=O) groups is 13. The SMILES string of the molecule is CCCCCCCNCCCC[C@H](NC(=O)CN1CCN(CC(=O)O)CCN(CC(=O)O)CCN(CC(=O)O)CC1)C(=O)N[C@H](Cc1ccccc1)C(=O)N[C@@H](CSSC)C(=O)N[C@@H](Cc1ccc(O)cc1)C(=O)N[C@H](Cc1c[nH]c2ccccc12)C(=O)N[C@@H](CCCCN)C(=O)N[C@H](C(=O)NCC(=O)N[C@H](C(=O)O)[C@@H](C)O)[C@@H](C)O. The van der Waals surface area contributed by atoms with Crippen LogP contribution in [0.1, 0.15) is 108 Å². The molecule has 0 bridgehead atoms. The molecule has 1 aliphatic rings. The number of rotatable bonds is 52. The van der Waals surface area contributed by atoms with Gasteiger partial charge in [-0.15, -0.1) is 0 Å². The third-order valence-electron chi connectivity index (χ3n) is 19.4. The van der Waals surface area contributed by atoms with Crippen LogP contribution in [0.3, 0.4) is 0 Å². The van der Waals surface area contributed by atoms with E-state index in [0.717, 1.165) is 45.6 Å². The number of fused-ring (bicyclic) bond motifs is 1. The van der Waals surface area contributed by atoms with Crippen LogP contribution in [0.25, 0.3) is 10.9 Å². The molecule has 1 saturated heterocycles. The number of phenolic OH excluding ortho intramolecular Hbond substituents is 1. The quantitative estimate of drug-likeness (QED) is 0.0188. The summed E-state index contributed by atoms with van der Waals surface area (Å²) >= 11 is 0. The molecule has 2 heterocycles. The van der Waals surface area contributed by atoms with Gasteiger partial charge in [-0.1, -0.05) is 115 Å². The van der Waals surface area contributed by atoms with Crippen molar-refractivity contribution in [2.75, 3.05) is 117 Å². The van der Waals surface area contributed by atoms with E-state index in [1.807, 2.05) is 0 Å². The van der Waals surface area contributed by atoms with E-state index in [0.29, 0.717) is 53.4 Å². The Hall–Kier alpha value is -9.51. The number of nitrogens with one attached hydrogen (secondary N) is 11. The largest absolute Gasteiger partial charge is 0.508 e. The lowest BCUT2D eigenvalue weighted by molar-refractivity contribution is -0.144. The fraction of sp³-hybridized carbons (Fsp3) is 0.577. The number of carboxylic acids is 4. The number of nitrogens with two attached hydrogens (primary N) is 1. The van der Waals surface area contributed by atoms with Crippen LogP contribution in [-0.4, -0.2) is 315 Å². The maximum absolute atomic E-state index is 15.3. The summed E-state index contributed by atoms with van der Waals surface area (Å²) in [6.07, 6.45) is 6.58. The van der Waals surface area contributed by atoms with Crippen LogP contribution >= 0.6 is 21.6 Å². The number of aliphatic carboxylic acids is 4. The van der Waals surface area contributed by atoms with Crippen LogP contribution in [0.5, 0.6) is 5.75 Å². The van der Waals surface area contributed by atoms with Gasteiger partial charge < -0.3 is 99.6 Å². The molecule has 10 atom stereocenters. The molecule has 0 aliphatic carbocycles. The molecule has 36 nitrogen and oxygen atoms in total. The highest BCUT2D eigenvalue weighted by Crippen LogP contribution is 2.22. The number of unbranched alkanes of at least 4 members (excludes halogenated alkanes) is 6. The van der Waals surface area contributed by atoms with Crippen molar-refractivity contribution in [2.24, 2.45) is 5.73 Å². The van der Waals surface area contributed by atoms with Gasteiger partial charge in [-0.2, -0.15) is 0 Å². The third kappa shape index (κ3) is 36.8. The monoisotopic (exact) mass is 1660 g/mol. The number of amides is 9. The molecule has 1 fully saturated rings. The van der Waals surface area contributed by atoms with Gasteiger partial charge in [0.25, 0.3) is 0 Å². The minimum atomic E-state index is -1.76. The summed E-state index contributed by atoms with van der Waals surface area (Å²) in [7, 11) is 2.44. The van der Waals surface area contributed by atoms with Crippen LogP contribution in [-0.2, 0) is 81.6 Å². The van der Waals surface area contributed by atoms with E-state index >= 15 is 24.0 Å². The lowest BCUT2D eigenvalue weighted by Crippen LogP contribution is -2.61. The number of aromatic hydroxyl groups is 1. The average molecular weight is 1660 g/mol. The van der Waals surface area contributed by atoms with Gasteiger partial charge in [0, 0.05) is 94.5 Å². The maximum atomic E-state index is 15.3. The van der Waals surface area contributed by atoms with Gasteiger partial charge in [-0.25, -0.2) is 4.79 Å². The van der Waals surface area contributed by atoms with E-state index in [-0.39, 0.29) is 122 Å². The molecular weight excluding hydrogens is 1550 g/mol. The average Bonchev–Trinajstić information content (AvgIpc) is 1.64. The van der Waals surface area contributed by atoms with Gasteiger partial charge >= 0.3 is 23.9 Å². The van der Waals surface area contributed by atoms with Crippen molar-refractivity contribution in [1.29, 1.82) is 0 Å². The summed E-state index contributed by atoms with van der Waals surface area (Å²) in [6, 6.07) is 9.25. The Kier molecular flexibility index (Phi) is 44.3. The molecule has 38 heteroatoms. The Morgan fingerprint density at radius 2 is 0.905 bits per heavy atom. The van der Waals surface area contributed by atoms with Gasteiger partial charge in [0.1, 0.15) is 48.0 Å². The second kappa shape index (κ2) is 52.9.